The number of Topliss-reactive ketones (excluding diaryl/α,β-unsaturated/α-hetero) is 1. The molecule has 1 fully saturated rings. The first-order valence-corrected chi connectivity index (χ1v) is 13.0. The number of amides is 1. The fourth-order valence-corrected chi connectivity index (χ4v) is 5.14. The number of aromatic amines is 1. The molecule has 1 aromatic heterocycles. The molecule has 1 aliphatic rings. The van der Waals surface area contributed by atoms with Crippen LogP contribution in [0.2, 0.25) is 0 Å². The quantitative estimate of drug-likeness (QED) is 0.130. The van der Waals surface area contributed by atoms with Gasteiger partial charge >= 0.3 is 5.97 Å². The maximum Gasteiger partial charge on any atom is 0.337 e. The number of esters is 1. The number of rotatable bonds is 7. The number of aliphatic hydroxyl groups is 1. The van der Waals surface area contributed by atoms with Crippen LogP contribution in [0.25, 0.3) is 16.7 Å². The van der Waals surface area contributed by atoms with Crippen LogP contribution in [0, 0.1) is 0 Å². The highest BCUT2D eigenvalue weighted by Gasteiger charge is 2.46. The lowest BCUT2D eigenvalue weighted by atomic mass is 9.94. The third kappa shape index (κ3) is 4.93. The molecule has 2 N–H and O–H groups in total. The van der Waals surface area contributed by atoms with Crippen molar-refractivity contribution >= 4 is 50.3 Å². The van der Waals surface area contributed by atoms with Crippen LogP contribution in [0.4, 0.5) is 0 Å². The first kappa shape index (κ1) is 26.2. The van der Waals surface area contributed by atoms with Crippen molar-refractivity contribution in [1.82, 2.24) is 9.88 Å². The minimum absolute atomic E-state index is 0.00580. The molecule has 4 aromatic rings. The molecule has 0 radical (unpaired) electrons. The van der Waals surface area contributed by atoms with Crippen molar-refractivity contribution in [2.75, 3.05) is 20.8 Å². The molecular formula is C30H25BrN2O6. The molecule has 8 nitrogen and oxygen atoms in total. The second kappa shape index (κ2) is 10.8. The van der Waals surface area contributed by atoms with E-state index in [9.17, 15) is 19.5 Å². The second-order valence-electron chi connectivity index (χ2n) is 9.09. The van der Waals surface area contributed by atoms with Crippen molar-refractivity contribution in [2.24, 2.45) is 0 Å². The van der Waals surface area contributed by atoms with E-state index in [1.807, 2.05) is 24.4 Å². The lowest BCUT2D eigenvalue weighted by Gasteiger charge is -2.25. The Balaban J connectivity index is 1.55. The number of carbonyl (C=O) groups is 3. The highest BCUT2D eigenvalue weighted by atomic mass is 79.9. The number of aliphatic hydroxyl groups excluding tert-OH is 1. The number of benzene rings is 3. The number of likely N-dealkylation sites (tertiary alicyclic amines) is 1. The van der Waals surface area contributed by atoms with E-state index in [4.69, 9.17) is 9.47 Å². The van der Waals surface area contributed by atoms with Gasteiger partial charge in [-0.15, -0.1) is 0 Å². The van der Waals surface area contributed by atoms with E-state index in [1.165, 1.54) is 12.0 Å². The molecule has 0 aliphatic carbocycles. The summed E-state index contributed by atoms with van der Waals surface area (Å²) in [5, 5.41) is 12.2. The third-order valence-corrected chi connectivity index (χ3v) is 7.43. The Kier molecular flexibility index (Phi) is 7.26. The van der Waals surface area contributed by atoms with Gasteiger partial charge in [0, 0.05) is 33.7 Å². The monoisotopic (exact) mass is 588 g/mol. The van der Waals surface area contributed by atoms with Gasteiger partial charge in [-0.3, -0.25) is 9.59 Å². The van der Waals surface area contributed by atoms with Gasteiger partial charge in [-0.1, -0.05) is 40.2 Å². The number of nitrogens with zero attached hydrogens (tertiary/aromatic N) is 1. The number of carbonyl (C=O) groups excluding carboxylic acids is 3. The summed E-state index contributed by atoms with van der Waals surface area (Å²) in [6, 6.07) is 18.2. The fourth-order valence-electron chi connectivity index (χ4n) is 4.87. The van der Waals surface area contributed by atoms with E-state index in [-0.39, 0.29) is 17.9 Å². The number of nitrogens with one attached hydrogen (secondary N) is 1. The Morgan fingerprint density at radius 3 is 2.36 bits per heavy atom. The van der Waals surface area contributed by atoms with Crippen molar-refractivity contribution in [2.45, 2.75) is 12.5 Å². The molecule has 198 valence electrons. The van der Waals surface area contributed by atoms with E-state index < -0.39 is 23.7 Å². The Morgan fingerprint density at radius 2 is 1.69 bits per heavy atom. The van der Waals surface area contributed by atoms with Crippen molar-refractivity contribution in [1.29, 1.82) is 0 Å². The smallest absolute Gasteiger partial charge is 0.337 e. The van der Waals surface area contributed by atoms with Crippen LogP contribution in [0.3, 0.4) is 0 Å². The molecular weight excluding hydrogens is 564 g/mol. The molecule has 9 heteroatoms. The van der Waals surface area contributed by atoms with Crippen molar-refractivity contribution < 1.29 is 29.0 Å². The summed E-state index contributed by atoms with van der Waals surface area (Å²) in [5.41, 5.74) is 3.21. The van der Waals surface area contributed by atoms with E-state index in [1.54, 1.807) is 55.6 Å². The molecule has 1 atom stereocenters. The molecule has 0 spiro atoms. The Labute approximate surface area is 233 Å². The summed E-state index contributed by atoms with van der Waals surface area (Å²) in [5.74, 6) is -1.52. The van der Waals surface area contributed by atoms with Gasteiger partial charge in [0.05, 0.1) is 31.4 Å². The lowest BCUT2D eigenvalue weighted by molar-refractivity contribution is -0.139. The number of methoxy groups -OCH3 is 2. The summed E-state index contributed by atoms with van der Waals surface area (Å²) < 4.78 is 11.0. The number of ether oxygens (including phenoxy) is 2. The highest BCUT2D eigenvalue weighted by Crippen LogP contribution is 2.40. The van der Waals surface area contributed by atoms with E-state index in [2.05, 4.69) is 20.9 Å². The van der Waals surface area contributed by atoms with Gasteiger partial charge in [0.1, 0.15) is 11.5 Å². The Hall–Kier alpha value is -4.37. The number of aromatic nitrogens is 1. The molecule has 0 bridgehead atoms. The molecule has 1 amide bonds. The number of hydrogen-bond acceptors (Lipinski definition) is 6. The average Bonchev–Trinajstić information content (AvgIpc) is 3.48. The molecule has 0 saturated carbocycles. The van der Waals surface area contributed by atoms with Crippen LogP contribution >= 0.6 is 15.9 Å². The first-order valence-electron chi connectivity index (χ1n) is 12.2. The molecule has 1 unspecified atom stereocenters. The normalized spacial score (nSPS) is 16.6. The topological polar surface area (TPSA) is 109 Å². The van der Waals surface area contributed by atoms with E-state index >= 15 is 0 Å². The Morgan fingerprint density at radius 1 is 1.00 bits per heavy atom. The largest absolute Gasteiger partial charge is 0.507 e. The summed E-state index contributed by atoms with van der Waals surface area (Å²) in [7, 11) is 2.90. The zero-order valence-corrected chi connectivity index (χ0v) is 22.8. The summed E-state index contributed by atoms with van der Waals surface area (Å²) >= 11 is 3.37. The molecule has 3 aromatic carbocycles. The second-order valence-corrected chi connectivity index (χ2v) is 10.0. The van der Waals surface area contributed by atoms with Gasteiger partial charge in [0.15, 0.2) is 0 Å². The van der Waals surface area contributed by atoms with Crippen molar-refractivity contribution in [3.63, 3.8) is 0 Å². The van der Waals surface area contributed by atoms with Gasteiger partial charge in [0.2, 0.25) is 0 Å². The van der Waals surface area contributed by atoms with Crippen LogP contribution in [-0.2, 0) is 20.7 Å². The average molecular weight is 589 g/mol. The van der Waals surface area contributed by atoms with Gasteiger partial charge in [-0.2, -0.15) is 0 Å². The molecule has 2 heterocycles. The van der Waals surface area contributed by atoms with Crippen molar-refractivity contribution in [3.8, 4) is 5.75 Å². The molecule has 1 saturated heterocycles. The maximum absolute atomic E-state index is 13.4. The van der Waals surface area contributed by atoms with E-state index in [0.29, 0.717) is 28.9 Å². The van der Waals surface area contributed by atoms with Crippen LogP contribution < -0.4 is 4.74 Å². The molecule has 5 rings (SSSR count). The summed E-state index contributed by atoms with van der Waals surface area (Å²) in [6.45, 7) is 0.218. The molecule has 1 aliphatic heterocycles. The first-order chi connectivity index (χ1) is 18.8. The number of H-pyrrole nitrogens is 1. The van der Waals surface area contributed by atoms with Gasteiger partial charge in [-0.05, 0) is 60.0 Å². The zero-order valence-electron chi connectivity index (χ0n) is 21.2. The predicted molar refractivity (Wildman–Crippen MR) is 149 cm³/mol. The van der Waals surface area contributed by atoms with Gasteiger partial charge in [0.25, 0.3) is 11.7 Å². The Bertz CT molecular complexity index is 1600. The van der Waals surface area contributed by atoms with Crippen molar-refractivity contribution in [3.05, 3.63) is 105 Å². The van der Waals surface area contributed by atoms with Crippen LogP contribution in [-0.4, -0.2) is 53.4 Å². The fraction of sp³-hybridized carbons (Fsp3) is 0.167. The number of fused-ring (bicyclic) bond motifs is 1. The van der Waals surface area contributed by atoms with Crippen LogP contribution in [0.15, 0.2) is 83.0 Å². The number of hydrogen-bond donors (Lipinski definition) is 2. The lowest BCUT2D eigenvalue weighted by Crippen LogP contribution is -2.31. The van der Waals surface area contributed by atoms with Crippen LogP contribution in [0.1, 0.15) is 33.1 Å². The van der Waals surface area contributed by atoms with E-state index in [0.717, 1.165) is 20.9 Å². The minimum Gasteiger partial charge on any atom is -0.507 e. The predicted octanol–water partition coefficient (Wildman–Crippen LogP) is 5.39. The summed E-state index contributed by atoms with van der Waals surface area (Å²) in [6.07, 6.45) is 2.33. The standard InChI is InChI=1S/C30H25BrN2O6/c1-38-22-11-12-24-23(15-22)20(16-32-24)13-14-33-26(17-3-5-19(6-4-17)30(37)39-2)25(28(35)29(33)36)27(34)18-7-9-21(31)10-8-18/h3-12,15-16,26,32,34H,13-14H2,1-2H3/b27-25-. The highest BCUT2D eigenvalue weighted by molar-refractivity contribution is 9.10. The SMILES string of the molecule is COC(=O)c1ccc(C2/C(=C(/O)c3ccc(Br)cc3)C(=O)C(=O)N2CCc2c[nH]c3ccc(OC)cc23)cc1. The van der Waals surface area contributed by atoms with Gasteiger partial charge in [-0.25, -0.2) is 4.79 Å². The minimum atomic E-state index is -0.847. The van der Waals surface area contributed by atoms with Crippen LogP contribution in [0.5, 0.6) is 5.75 Å². The molecule has 39 heavy (non-hydrogen) atoms. The number of ketones is 1. The maximum atomic E-state index is 13.4. The van der Waals surface area contributed by atoms with Gasteiger partial charge < -0.3 is 24.5 Å². The number of halogens is 1. The summed E-state index contributed by atoms with van der Waals surface area (Å²) in [4.78, 5) is 43.4. The zero-order chi connectivity index (χ0) is 27.7. The third-order valence-electron chi connectivity index (χ3n) is 6.90.